The molecule has 0 aliphatic heterocycles. The molecule has 0 fully saturated rings. The van der Waals surface area contributed by atoms with Gasteiger partial charge >= 0.3 is 0 Å². The van der Waals surface area contributed by atoms with E-state index in [0.717, 1.165) is 0 Å². The van der Waals surface area contributed by atoms with Gasteiger partial charge in [-0.15, -0.1) is 0 Å². The summed E-state index contributed by atoms with van der Waals surface area (Å²) in [6.45, 7) is 0. The largest absolute Gasteiger partial charge is 0.344 e. The van der Waals surface area contributed by atoms with Crippen LogP contribution in [0.3, 0.4) is 0 Å². The third-order valence-corrected chi connectivity index (χ3v) is 10.9. The van der Waals surface area contributed by atoms with Gasteiger partial charge in [-0.3, -0.25) is 0 Å². The summed E-state index contributed by atoms with van der Waals surface area (Å²) in [6, 6.07) is 71.0. The average molecular weight is 662 g/mol. The van der Waals surface area contributed by atoms with Gasteiger partial charge in [0.05, 0.1) is 0 Å². The van der Waals surface area contributed by atoms with E-state index in [2.05, 4.69) is 206 Å². The molecule has 0 amide bonds. The SMILES string of the molecule is Cn1c2ccccc2c2cc(-c3ccc(-c4c5ccccc5c(-c5ccc(-c6ccc(-c7ccccc7)cc6)cc5)c5ccccc45)cc3)ccc21. The minimum atomic E-state index is 1.22. The summed E-state index contributed by atoms with van der Waals surface area (Å²) < 4.78 is 2.29. The Hall–Kier alpha value is -6.70. The zero-order valence-electron chi connectivity index (χ0n) is 28.9. The Morgan fingerprint density at radius 3 is 1.06 bits per heavy atom. The molecule has 1 nitrogen and oxygen atoms in total. The van der Waals surface area contributed by atoms with Gasteiger partial charge in [-0.05, 0) is 95.4 Å². The second-order valence-electron chi connectivity index (χ2n) is 13.7. The van der Waals surface area contributed by atoms with Gasteiger partial charge in [-0.2, -0.15) is 0 Å². The summed E-state index contributed by atoms with van der Waals surface area (Å²) in [6.07, 6.45) is 0. The average Bonchev–Trinajstić information content (AvgIpc) is 3.51. The maximum atomic E-state index is 2.34. The van der Waals surface area contributed by atoms with Crippen LogP contribution in [-0.4, -0.2) is 4.57 Å². The van der Waals surface area contributed by atoms with Crippen LogP contribution in [0.15, 0.2) is 194 Å². The van der Waals surface area contributed by atoms with Crippen LogP contribution in [0.2, 0.25) is 0 Å². The van der Waals surface area contributed by atoms with Gasteiger partial charge in [0, 0.05) is 28.9 Å². The molecular weight excluding hydrogens is 627 g/mol. The third kappa shape index (κ3) is 4.93. The van der Waals surface area contributed by atoms with E-state index in [9.17, 15) is 0 Å². The number of benzene rings is 9. The number of aryl methyl sites for hydroxylation is 1. The number of rotatable bonds is 5. The first-order valence-electron chi connectivity index (χ1n) is 18.0. The van der Waals surface area contributed by atoms with E-state index in [-0.39, 0.29) is 0 Å². The van der Waals surface area contributed by atoms with E-state index >= 15 is 0 Å². The van der Waals surface area contributed by atoms with Gasteiger partial charge in [0.2, 0.25) is 0 Å². The molecule has 0 saturated heterocycles. The van der Waals surface area contributed by atoms with Gasteiger partial charge in [-0.1, -0.05) is 176 Å². The minimum Gasteiger partial charge on any atom is -0.344 e. The van der Waals surface area contributed by atoms with E-state index < -0.39 is 0 Å². The molecule has 0 atom stereocenters. The van der Waals surface area contributed by atoms with Crippen LogP contribution in [-0.2, 0) is 7.05 Å². The lowest BCUT2D eigenvalue weighted by Crippen LogP contribution is -1.91. The van der Waals surface area contributed by atoms with Crippen molar-refractivity contribution < 1.29 is 0 Å². The molecule has 0 aliphatic rings. The van der Waals surface area contributed by atoms with Crippen LogP contribution in [0.1, 0.15) is 0 Å². The predicted octanol–water partition coefficient (Wildman–Crippen LogP) is 14.0. The first-order chi connectivity index (χ1) is 25.7. The zero-order valence-corrected chi connectivity index (χ0v) is 28.9. The summed E-state index contributed by atoms with van der Waals surface area (Å²) in [5, 5.41) is 7.65. The Morgan fingerprint density at radius 2 is 0.577 bits per heavy atom. The van der Waals surface area contributed by atoms with Crippen molar-refractivity contribution >= 4 is 43.4 Å². The second-order valence-corrected chi connectivity index (χ2v) is 13.7. The molecule has 1 aromatic heterocycles. The fourth-order valence-corrected chi connectivity index (χ4v) is 8.24. The first-order valence-corrected chi connectivity index (χ1v) is 18.0. The molecule has 52 heavy (non-hydrogen) atoms. The molecular formula is C51H35N. The van der Waals surface area contributed by atoms with Crippen molar-refractivity contribution in [2.75, 3.05) is 0 Å². The molecule has 0 aliphatic carbocycles. The van der Waals surface area contributed by atoms with Crippen molar-refractivity contribution in [3.05, 3.63) is 194 Å². The summed E-state index contributed by atoms with van der Waals surface area (Å²) >= 11 is 0. The van der Waals surface area contributed by atoms with E-state index in [1.165, 1.54) is 99.0 Å². The molecule has 9 aromatic carbocycles. The van der Waals surface area contributed by atoms with Gasteiger partial charge in [0.25, 0.3) is 0 Å². The Balaban J connectivity index is 1.04. The number of para-hydroxylation sites is 1. The number of hydrogen-bond acceptors (Lipinski definition) is 0. The second kappa shape index (κ2) is 12.3. The fourth-order valence-electron chi connectivity index (χ4n) is 8.24. The molecule has 1 heteroatoms. The number of hydrogen-bond donors (Lipinski definition) is 0. The topological polar surface area (TPSA) is 4.93 Å². The molecule has 0 spiro atoms. The van der Waals surface area contributed by atoms with Crippen LogP contribution in [0.25, 0.3) is 99.0 Å². The van der Waals surface area contributed by atoms with Crippen LogP contribution in [0.5, 0.6) is 0 Å². The Bertz CT molecular complexity index is 2850. The molecule has 0 bridgehead atoms. The molecule has 0 saturated carbocycles. The number of fused-ring (bicyclic) bond motifs is 5. The standard InChI is InChI=1S/C51H35N/c1-52-48-18-10-9-13-42(48)47-33-41(31-32-49(47)52)38-25-29-40(30-26-38)51-45-16-7-5-14-43(45)50(44-15-6-8-17-46(44)51)39-27-23-37(24-28-39)36-21-19-35(20-22-36)34-11-3-2-4-12-34/h2-33H,1H3. The zero-order chi connectivity index (χ0) is 34.6. The highest BCUT2D eigenvalue weighted by molar-refractivity contribution is 6.21. The van der Waals surface area contributed by atoms with Crippen LogP contribution < -0.4 is 0 Å². The van der Waals surface area contributed by atoms with Gasteiger partial charge in [-0.25, -0.2) is 0 Å². The van der Waals surface area contributed by atoms with Crippen molar-refractivity contribution in [2.45, 2.75) is 0 Å². The highest BCUT2D eigenvalue weighted by Crippen LogP contribution is 2.44. The molecule has 244 valence electrons. The van der Waals surface area contributed by atoms with E-state index in [4.69, 9.17) is 0 Å². The predicted molar refractivity (Wildman–Crippen MR) is 223 cm³/mol. The van der Waals surface area contributed by atoms with Crippen LogP contribution >= 0.6 is 0 Å². The van der Waals surface area contributed by atoms with E-state index in [0.29, 0.717) is 0 Å². The van der Waals surface area contributed by atoms with Gasteiger partial charge in [0.15, 0.2) is 0 Å². The summed E-state index contributed by atoms with van der Waals surface area (Å²) in [5.41, 5.74) is 14.9. The van der Waals surface area contributed by atoms with Crippen molar-refractivity contribution in [1.29, 1.82) is 0 Å². The monoisotopic (exact) mass is 661 g/mol. The molecule has 1 heterocycles. The van der Waals surface area contributed by atoms with E-state index in [1.54, 1.807) is 0 Å². The lowest BCUT2D eigenvalue weighted by atomic mass is 9.85. The van der Waals surface area contributed by atoms with Gasteiger partial charge in [0.1, 0.15) is 0 Å². The van der Waals surface area contributed by atoms with Crippen molar-refractivity contribution in [3.63, 3.8) is 0 Å². The maximum Gasteiger partial charge on any atom is 0.0489 e. The maximum absolute atomic E-state index is 2.34. The quantitative estimate of drug-likeness (QED) is 0.162. The lowest BCUT2D eigenvalue weighted by Gasteiger charge is -2.18. The minimum absolute atomic E-state index is 1.22. The Kier molecular flexibility index (Phi) is 7.11. The van der Waals surface area contributed by atoms with Crippen molar-refractivity contribution in [1.82, 2.24) is 4.57 Å². The lowest BCUT2D eigenvalue weighted by molar-refractivity contribution is 1.01. The fraction of sp³-hybridized carbons (Fsp3) is 0.0196. The molecule has 10 rings (SSSR count). The Morgan fingerprint density at radius 1 is 0.250 bits per heavy atom. The Labute approximate surface area is 303 Å². The normalized spacial score (nSPS) is 11.6. The van der Waals surface area contributed by atoms with Crippen LogP contribution in [0.4, 0.5) is 0 Å². The van der Waals surface area contributed by atoms with Crippen molar-refractivity contribution in [2.24, 2.45) is 7.05 Å². The smallest absolute Gasteiger partial charge is 0.0489 e. The molecule has 0 radical (unpaired) electrons. The summed E-state index contributed by atoms with van der Waals surface area (Å²) in [4.78, 5) is 0. The highest BCUT2D eigenvalue weighted by Gasteiger charge is 2.17. The number of nitrogens with zero attached hydrogens (tertiary/aromatic N) is 1. The van der Waals surface area contributed by atoms with Crippen molar-refractivity contribution in [3.8, 4) is 55.6 Å². The molecule has 10 aromatic rings. The first kappa shape index (κ1) is 30.2. The summed E-state index contributed by atoms with van der Waals surface area (Å²) in [7, 11) is 2.15. The third-order valence-electron chi connectivity index (χ3n) is 10.9. The van der Waals surface area contributed by atoms with E-state index in [1.807, 2.05) is 0 Å². The van der Waals surface area contributed by atoms with Gasteiger partial charge < -0.3 is 4.57 Å². The molecule has 0 unspecified atom stereocenters. The summed E-state index contributed by atoms with van der Waals surface area (Å²) in [5.74, 6) is 0. The van der Waals surface area contributed by atoms with Crippen LogP contribution in [0, 0.1) is 0 Å². The number of aromatic nitrogens is 1. The molecule has 0 N–H and O–H groups in total. The highest BCUT2D eigenvalue weighted by atomic mass is 14.9.